The number of carbonyl (C=O) groups excluding carboxylic acids is 3. The zero-order valence-corrected chi connectivity index (χ0v) is 20.1. The maximum atomic E-state index is 13.1. The summed E-state index contributed by atoms with van der Waals surface area (Å²) in [5, 5.41) is 5.62. The summed E-state index contributed by atoms with van der Waals surface area (Å²) in [4.78, 5) is 39.8. The van der Waals surface area contributed by atoms with E-state index in [-0.39, 0.29) is 16.6 Å². The van der Waals surface area contributed by atoms with Crippen molar-refractivity contribution in [2.75, 3.05) is 15.5 Å². The minimum atomic E-state index is -0.591. The Morgan fingerprint density at radius 2 is 1.53 bits per heavy atom. The van der Waals surface area contributed by atoms with Crippen LogP contribution in [0, 0.1) is 27.7 Å². The first-order chi connectivity index (χ1) is 16.2. The number of aryl methyl sites for hydroxylation is 4. The van der Waals surface area contributed by atoms with E-state index in [4.69, 9.17) is 11.6 Å². The van der Waals surface area contributed by atoms with Crippen LogP contribution in [0.15, 0.2) is 71.4 Å². The fraction of sp³-hybridized carbons (Fsp3) is 0.148. The Balaban J connectivity index is 1.56. The standard InChI is InChI=1S/C27H24ClN3O3/c1-15-8-9-17(3)22(12-15)31-26(33)23(28)24(27(31)34)29-20-7-5-6-19(14-20)25(32)30-21-11-10-16(2)18(4)13-21/h5-14,29H,1-4H3,(H,30,32). The second kappa shape index (κ2) is 9.15. The van der Waals surface area contributed by atoms with E-state index in [2.05, 4.69) is 10.6 Å². The number of amides is 3. The van der Waals surface area contributed by atoms with Gasteiger partial charge in [0, 0.05) is 16.9 Å². The lowest BCUT2D eigenvalue weighted by Crippen LogP contribution is -2.33. The molecule has 3 aromatic rings. The van der Waals surface area contributed by atoms with Crippen LogP contribution in [-0.4, -0.2) is 17.7 Å². The summed E-state index contributed by atoms with van der Waals surface area (Å²) in [5.41, 5.74) is 5.92. The number of benzene rings is 3. The molecule has 0 unspecified atom stereocenters. The lowest BCUT2D eigenvalue weighted by Gasteiger charge is -2.18. The summed E-state index contributed by atoms with van der Waals surface area (Å²) in [5.74, 6) is -1.43. The Labute approximate surface area is 203 Å². The minimum Gasteiger partial charge on any atom is -0.350 e. The van der Waals surface area contributed by atoms with Gasteiger partial charge in [0.15, 0.2) is 0 Å². The predicted molar refractivity (Wildman–Crippen MR) is 135 cm³/mol. The van der Waals surface area contributed by atoms with E-state index < -0.39 is 11.8 Å². The second-order valence-corrected chi connectivity index (χ2v) is 8.76. The Bertz CT molecular complexity index is 1380. The molecule has 0 radical (unpaired) electrons. The van der Waals surface area contributed by atoms with E-state index >= 15 is 0 Å². The van der Waals surface area contributed by atoms with Crippen LogP contribution in [0.1, 0.15) is 32.6 Å². The molecule has 172 valence electrons. The fourth-order valence-electron chi connectivity index (χ4n) is 3.70. The third kappa shape index (κ3) is 4.45. The maximum absolute atomic E-state index is 13.1. The minimum absolute atomic E-state index is 0.0284. The molecule has 7 heteroatoms. The molecule has 0 aromatic heterocycles. The molecule has 2 N–H and O–H groups in total. The molecule has 0 saturated heterocycles. The summed E-state index contributed by atoms with van der Waals surface area (Å²) in [7, 11) is 0. The molecule has 4 rings (SSSR count). The summed E-state index contributed by atoms with van der Waals surface area (Å²) >= 11 is 6.27. The number of anilines is 3. The molecule has 1 aliphatic heterocycles. The predicted octanol–water partition coefficient (Wildman–Crippen LogP) is 5.61. The first-order valence-electron chi connectivity index (χ1n) is 10.8. The van der Waals surface area contributed by atoms with Crippen molar-refractivity contribution >= 4 is 46.4 Å². The number of rotatable bonds is 5. The van der Waals surface area contributed by atoms with E-state index in [1.165, 1.54) is 0 Å². The lowest BCUT2D eigenvalue weighted by molar-refractivity contribution is -0.120. The van der Waals surface area contributed by atoms with Crippen molar-refractivity contribution in [2.45, 2.75) is 27.7 Å². The summed E-state index contributed by atoms with van der Waals surface area (Å²) in [6.07, 6.45) is 0. The quantitative estimate of drug-likeness (QED) is 0.472. The number of hydrogen-bond acceptors (Lipinski definition) is 4. The van der Waals surface area contributed by atoms with Gasteiger partial charge in [0.05, 0.1) is 5.69 Å². The van der Waals surface area contributed by atoms with E-state index in [0.717, 1.165) is 27.2 Å². The second-order valence-electron chi connectivity index (χ2n) is 8.38. The number of halogens is 1. The molecule has 0 aliphatic carbocycles. The molecular weight excluding hydrogens is 450 g/mol. The average Bonchev–Trinajstić information content (AvgIpc) is 3.01. The van der Waals surface area contributed by atoms with Gasteiger partial charge in [-0.05, 0) is 86.3 Å². The first-order valence-corrected chi connectivity index (χ1v) is 11.1. The third-order valence-electron chi connectivity index (χ3n) is 5.79. The molecule has 6 nitrogen and oxygen atoms in total. The average molecular weight is 474 g/mol. The Morgan fingerprint density at radius 1 is 0.794 bits per heavy atom. The van der Waals surface area contributed by atoms with Crippen LogP contribution in [0.25, 0.3) is 0 Å². The van der Waals surface area contributed by atoms with Crippen molar-refractivity contribution in [3.63, 3.8) is 0 Å². The van der Waals surface area contributed by atoms with Crippen molar-refractivity contribution in [2.24, 2.45) is 0 Å². The maximum Gasteiger partial charge on any atom is 0.283 e. The topological polar surface area (TPSA) is 78.5 Å². The normalized spacial score (nSPS) is 13.5. The Morgan fingerprint density at radius 3 is 2.26 bits per heavy atom. The molecule has 34 heavy (non-hydrogen) atoms. The number of nitrogens with zero attached hydrogens (tertiary/aromatic N) is 1. The van der Waals surface area contributed by atoms with Crippen molar-refractivity contribution in [1.29, 1.82) is 0 Å². The largest absolute Gasteiger partial charge is 0.350 e. The molecule has 0 saturated carbocycles. The molecule has 0 bridgehead atoms. The van der Waals surface area contributed by atoms with Crippen molar-refractivity contribution in [1.82, 2.24) is 0 Å². The van der Waals surface area contributed by atoms with E-state index in [0.29, 0.717) is 22.6 Å². The SMILES string of the molecule is Cc1ccc(C)c(N2C(=O)C(Cl)=C(Nc3cccc(C(=O)Nc4ccc(C)c(C)c4)c3)C2=O)c1. The van der Waals surface area contributed by atoms with Crippen LogP contribution in [0.4, 0.5) is 17.1 Å². The highest BCUT2D eigenvalue weighted by molar-refractivity contribution is 6.53. The van der Waals surface area contributed by atoms with Gasteiger partial charge in [-0.2, -0.15) is 0 Å². The molecule has 1 aliphatic rings. The number of nitrogens with one attached hydrogen (secondary N) is 2. The van der Waals surface area contributed by atoms with Gasteiger partial charge in [0.25, 0.3) is 17.7 Å². The van der Waals surface area contributed by atoms with Gasteiger partial charge in [0.2, 0.25) is 0 Å². The van der Waals surface area contributed by atoms with E-state index in [1.54, 1.807) is 30.3 Å². The third-order valence-corrected chi connectivity index (χ3v) is 6.14. The Kier molecular flexibility index (Phi) is 6.26. The van der Waals surface area contributed by atoms with Gasteiger partial charge in [-0.15, -0.1) is 0 Å². The summed E-state index contributed by atoms with van der Waals surface area (Å²) < 4.78 is 0. The van der Waals surface area contributed by atoms with Crippen LogP contribution in [-0.2, 0) is 9.59 Å². The molecular formula is C27H24ClN3O3. The van der Waals surface area contributed by atoms with Gasteiger partial charge in [0.1, 0.15) is 10.7 Å². The fourth-order valence-corrected chi connectivity index (χ4v) is 3.91. The van der Waals surface area contributed by atoms with Crippen LogP contribution in [0.2, 0.25) is 0 Å². The molecule has 0 atom stereocenters. The smallest absolute Gasteiger partial charge is 0.283 e. The highest BCUT2D eigenvalue weighted by Gasteiger charge is 2.39. The zero-order chi connectivity index (χ0) is 24.6. The van der Waals surface area contributed by atoms with Crippen LogP contribution in [0.3, 0.4) is 0 Å². The molecule has 0 fully saturated rings. The highest BCUT2D eigenvalue weighted by atomic mass is 35.5. The van der Waals surface area contributed by atoms with Gasteiger partial charge >= 0.3 is 0 Å². The van der Waals surface area contributed by atoms with Crippen molar-refractivity contribution < 1.29 is 14.4 Å². The van der Waals surface area contributed by atoms with E-state index in [9.17, 15) is 14.4 Å². The molecule has 3 aromatic carbocycles. The number of hydrogen-bond donors (Lipinski definition) is 2. The molecule has 0 spiro atoms. The summed E-state index contributed by atoms with van der Waals surface area (Å²) in [6, 6.07) is 17.9. The summed E-state index contributed by atoms with van der Waals surface area (Å²) in [6.45, 7) is 7.70. The van der Waals surface area contributed by atoms with Crippen LogP contribution in [0.5, 0.6) is 0 Å². The van der Waals surface area contributed by atoms with Crippen molar-refractivity contribution in [3.05, 3.63) is 99.2 Å². The van der Waals surface area contributed by atoms with Crippen LogP contribution >= 0.6 is 11.6 Å². The zero-order valence-electron chi connectivity index (χ0n) is 19.3. The molecule has 1 heterocycles. The van der Waals surface area contributed by atoms with Gasteiger partial charge in [-0.25, -0.2) is 4.90 Å². The number of carbonyl (C=O) groups is 3. The Hall–Kier alpha value is -3.90. The first kappa shape index (κ1) is 23.3. The van der Waals surface area contributed by atoms with E-state index in [1.807, 2.05) is 58.0 Å². The molecule has 3 amide bonds. The number of imide groups is 1. The monoisotopic (exact) mass is 473 g/mol. The van der Waals surface area contributed by atoms with Crippen molar-refractivity contribution in [3.8, 4) is 0 Å². The van der Waals surface area contributed by atoms with Crippen LogP contribution < -0.4 is 15.5 Å². The lowest BCUT2D eigenvalue weighted by atomic mass is 10.1. The highest BCUT2D eigenvalue weighted by Crippen LogP contribution is 2.32. The van der Waals surface area contributed by atoms with Gasteiger partial charge in [-0.1, -0.05) is 35.9 Å². The van der Waals surface area contributed by atoms with Gasteiger partial charge in [-0.3, -0.25) is 14.4 Å². The van der Waals surface area contributed by atoms with Gasteiger partial charge < -0.3 is 10.6 Å².